The lowest BCUT2D eigenvalue weighted by Gasteiger charge is -2.16. The number of rotatable bonds is 4. The summed E-state index contributed by atoms with van der Waals surface area (Å²) in [7, 11) is -3.87. The summed E-state index contributed by atoms with van der Waals surface area (Å²) in [5.74, 6) is 0.276. The monoisotopic (exact) mass is 376 g/mol. The zero-order valence-corrected chi connectivity index (χ0v) is 14.3. The third kappa shape index (κ3) is 3.47. The van der Waals surface area contributed by atoms with Crippen LogP contribution in [0, 0.1) is 0 Å². The molecule has 8 nitrogen and oxygen atoms in total. The van der Waals surface area contributed by atoms with Crippen LogP contribution in [-0.2, 0) is 10.0 Å². The van der Waals surface area contributed by atoms with Gasteiger partial charge in [0, 0.05) is 17.3 Å². The van der Waals surface area contributed by atoms with Gasteiger partial charge >= 0.3 is 0 Å². The molecule has 0 bridgehead atoms. The molecular formula is C15H13ClN6O2S. The Hall–Kier alpha value is -2.91. The van der Waals surface area contributed by atoms with Crippen molar-refractivity contribution < 1.29 is 8.42 Å². The fraction of sp³-hybridized carbons (Fsp3) is 0. The maximum Gasteiger partial charge on any atom is 0.278 e. The number of benzene rings is 2. The number of aromatic nitrogens is 3. The Bertz CT molecular complexity index is 976. The van der Waals surface area contributed by atoms with Crippen molar-refractivity contribution in [2.45, 2.75) is 4.90 Å². The van der Waals surface area contributed by atoms with Crippen LogP contribution in [-0.4, -0.2) is 23.4 Å². The van der Waals surface area contributed by atoms with Gasteiger partial charge in [-0.15, -0.1) is 0 Å². The maximum absolute atomic E-state index is 12.5. The van der Waals surface area contributed by atoms with Gasteiger partial charge in [0.1, 0.15) is 0 Å². The molecule has 0 saturated heterocycles. The zero-order chi connectivity index (χ0) is 18.0. The number of hydrogen-bond donors (Lipinski definition) is 2. The van der Waals surface area contributed by atoms with Gasteiger partial charge in [-0.2, -0.15) is 27.2 Å². The molecule has 0 saturated carbocycles. The van der Waals surface area contributed by atoms with E-state index >= 15 is 0 Å². The average molecular weight is 377 g/mol. The van der Waals surface area contributed by atoms with Crippen LogP contribution in [0.15, 0.2) is 59.5 Å². The third-order valence-electron chi connectivity index (χ3n) is 3.25. The molecule has 2 aromatic carbocycles. The van der Waals surface area contributed by atoms with E-state index in [-0.39, 0.29) is 28.3 Å². The summed E-state index contributed by atoms with van der Waals surface area (Å²) in [6, 6.07) is 14.2. The number of hydrogen-bond acceptors (Lipinski definition) is 7. The molecule has 0 aliphatic carbocycles. The van der Waals surface area contributed by atoms with E-state index in [0.29, 0.717) is 9.39 Å². The van der Waals surface area contributed by atoms with Gasteiger partial charge < -0.3 is 11.5 Å². The number of sulfonamides is 1. The molecule has 0 spiro atoms. The zero-order valence-electron chi connectivity index (χ0n) is 12.7. The highest BCUT2D eigenvalue weighted by molar-refractivity contribution is 7.94. The largest absolute Gasteiger partial charge is 0.368 e. The van der Waals surface area contributed by atoms with E-state index in [9.17, 15) is 8.42 Å². The summed E-state index contributed by atoms with van der Waals surface area (Å²) in [5, 5.41) is 0. The predicted octanol–water partition coefficient (Wildman–Crippen LogP) is 2.05. The van der Waals surface area contributed by atoms with Crippen molar-refractivity contribution in [3.8, 4) is 11.4 Å². The maximum atomic E-state index is 12.5. The predicted molar refractivity (Wildman–Crippen MR) is 96.0 cm³/mol. The molecule has 3 rings (SSSR count). The summed E-state index contributed by atoms with van der Waals surface area (Å²) in [4.78, 5) is 11.8. The number of nitrogen functional groups attached to an aromatic ring is 2. The van der Waals surface area contributed by atoms with E-state index in [0.717, 1.165) is 0 Å². The summed E-state index contributed by atoms with van der Waals surface area (Å²) in [6.45, 7) is 0. The summed E-state index contributed by atoms with van der Waals surface area (Å²) < 4.78 is 25.7. The van der Waals surface area contributed by atoms with Crippen molar-refractivity contribution in [3.63, 3.8) is 0 Å². The highest BCUT2D eigenvalue weighted by Crippen LogP contribution is 2.27. The minimum Gasteiger partial charge on any atom is -0.368 e. The number of anilines is 3. The lowest BCUT2D eigenvalue weighted by Crippen LogP contribution is -2.21. The van der Waals surface area contributed by atoms with Crippen LogP contribution in [0.1, 0.15) is 0 Å². The molecule has 4 N–H and O–H groups in total. The topological polar surface area (TPSA) is 128 Å². The van der Waals surface area contributed by atoms with Crippen LogP contribution in [0.5, 0.6) is 0 Å². The van der Waals surface area contributed by atoms with Gasteiger partial charge in [-0.3, -0.25) is 0 Å². The minimum atomic E-state index is -3.87. The number of halogens is 1. The normalized spacial score (nSPS) is 11.2. The highest BCUT2D eigenvalue weighted by atomic mass is 35.5. The van der Waals surface area contributed by atoms with Gasteiger partial charge in [-0.25, -0.2) is 0 Å². The fourth-order valence-electron chi connectivity index (χ4n) is 2.09. The first-order valence-electron chi connectivity index (χ1n) is 7.01. The van der Waals surface area contributed by atoms with Gasteiger partial charge in [0.2, 0.25) is 11.9 Å². The van der Waals surface area contributed by atoms with E-state index < -0.39 is 10.0 Å². The second-order valence-electron chi connectivity index (χ2n) is 4.96. The van der Waals surface area contributed by atoms with Crippen molar-refractivity contribution >= 4 is 39.4 Å². The van der Waals surface area contributed by atoms with Crippen LogP contribution in [0.2, 0.25) is 0 Å². The van der Waals surface area contributed by atoms with Crippen LogP contribution in [0.4, 0.5) is 17.6 Å². The van der Waals surface area contributed by atoms with Crippen LogP contribution >= 0.6 is 11.8 Å². The number of nitrogens with two attached hydrogens (primary N) is 2. The van der Waals surface area contributed by atoms with Crippen LogP contribution in [0.3, 0.4) is 0 Å². The van der Waals surface area contributed by atoms with Gasteiger partial charge in [-0.05, 0) is 36.4 Å². The Labute approximate surface area is 149 Å². The van der Waals surface area contributed by atoms with Crippen molar-refractivity contribution in [1.29, 1.82) is 0 Å². The van der Waals surface area contributed by atoms with E-state index in [1.807, 2.05) is 0 Å². The third-order valence-corrected chi connectivity index (χ3v) is 5.49. The minimum absolute atomic E-state index is 0.00259. The van der Waals surface area contributed by atoms with Crippen molar-refractivity contribution in [3.05, 3.63) is 54.6 Å². The Balaban J connectivity index is 1.92. The quantitative estimate of drug-likeness (QED) is 0.666. The van der Waals surface area contributed by atoms with Crippen LogP contribution in [0.25, 0.3) is 11.4 Å². The standard InChI is InChI=1S/C15H13ClN6O2S/c16-22(25(23,24)12-4-2-1-3-5-12)11-8-6-10(7-9-11)13-19-14(17)21-15(18)20-13/h1-9H,(H4,17,18,19,20,21). The van der Waals surface area contributed by atoms with E-state index in [1.165, 1.54) is 24.3 Å². The SMILES string of the molecule is Nc1nc(N)nc(-c2ccc(N(Cl)S(=O)(=O)c3ccccc3)cc2)n1. The molecular weight excluding hydrogens is 364 g/mol. The molecule has 3 aromatic rings. The van der Waals surface area contributed by atoms with Crippen molar-refractivity contribution in [2.75, 3.05) is 15.3 Å². The molecule has 0 radical (unpaired) electrons. The lowest BCUT2D eigenvalue weighted by atomic mass is 10.2. The average Bonchev–Trinajstić information content (AvgIpc) is 2.61. The first-order valence-corrected chi connectivity index (χ1v) is 8.79. The van der Waals surface area contributed by atoms with Crippen molar-refractivity contribution in [1.82, 2.24) is 15.0 Å². The van der Waals surface area contributed by atoms with Crippen LogP contribution < -0.4 is 15.3 Å². The van der Waals surface area contributed by atoms with E-state index in [1.54, 1.807) is 30.3 Å². The van der Waals surface area contributed by atoms with Gasteiger partial charge in [-0.1, -0.05) is 18.2 Å². The van der Waals surface area contributed by atoms with E-state index in [2.05, 4.69) is 15.0 Å². The molecule has 10 heteroatoms. The van der Waals surface area contributed by atoms with Crippen molar-refractivity contribution in [2.24, 2.45) is 0 Å². The summed E-state index contributed by atoms with van der Waals surface area (Å²) in [5.41, 5.74) is 11.9. The molecule has 0 fully saturated rings. The molecule has 0 atom stereocenters. The van der Waals surface area contributed by atoms with Gasteiger partial charge in [0.05, 0.1) is 10.6 Å². The molecule has 0 amide bonds. The Kier molecular flexibility index (Phi) is 4.43. The molecule has 0 unspecified atom stereocenters. The Morgan fingerprint density at radius 3 is 1.96 bits per heavy atom. The number of nitrogens with zero attached hydrogens (tertiary/aromatic N) is 4. The Morgan fingerprint density at radius 1 is 0.840 bits per heavy atom. The molecule has 25 heavy (non-hydrogen) atoms. The smallest absolute Gasteiger partial charge is 0.278 e. The molecule has 128 valence electrons. The Morgan fingerprint density at radius 2 is 1.40 bits per heavy atom. The molecule has 0 aliphatic rings. The van der Waals surface area contributed by atoms with E-state index in [4.69, 9.17) is 23.2 Å². The molecule has 1 aromatic heterocycles. The molecule has 0 aliphatic heterocycles. The van der Waals surface area contributed by atoms with Gasteiger partial charge in [0.15, 0.2) is 5.82 Å². The lowest BCUT2D eigenvalue weighted by molar-refractivity contribution is 0.598. The van der Waals surface area contributed by atoms with Gasteiger partial charge in [0.25, 0.3) is 10.0 Å². The second kappa shape index (κ2) is 6.54. The molecule has 1 heterocycles. The second-order valence-corrected chi connectivity index (χ2v) is 7.28. The first kappa shape index (κ1) is 16.9. The fourth-order valence-corrected chi connectivity index (χ4v) is 3.53. The summed E-state index contributed by atoms with van der Waals surface area (Å²) in [6.07, 6.45) is 0. The summed E-state index contributed by atoms with van der Waals surface area (Å²) >= 11 is 6.05. The highest BCUT2D eigenvalue weighted by Gasteiger charge is 2.23. The first-order chi connectivity index (χ1) is 11.9.